The molecule has 2 N–H and O–H groups in total. The van der Waals surface area contributed by atoms with E-state index in [-0.39, 0.29) is 11.9 Å². The highest BCUT2D eigenvalue weighted by Gasteiger charge is 2.18. The molecule has 0 aliphatic rings. The lowest BCUT2D eigenvalue weighted by atomic mass is 10.2. The number of amides is 1. The van der Waals surface area contributed by atoms with E-state index < -0.39 is 11.7 Å². The van der Waals surface area contributed by atoms with Crippen LogP contribution in [-0.2, 0) is 11.3 Å². The van der Waals surface area contributed by atoms with E-state index in [9.17, 15) is 9.18 Å². The lowest BCUT2D eigenvalue weighted by Crippen LogP contribution is -2.43. The number of carbonyl (C=O) groups is 1. The van der Waals surface area contributed by atoms with Crippen LogP contribution in [-0.4, -0.2) is 24.3 Å². The Morgan fingerprint density at radius 2 is 2.10 bits per heavy atom. The predicted octanol–water partition coefficient (Wildman–Crippen LogP) is 3.22. The Labute approximate surface area is 126 Å². The van der Waals surface area contributed by atoms with Crippen LogP contribution in [0.1, 0.15) is 39.7 Å². The van der Waals surface area contributed by atoms with E-state index in [1.54, 1.807) is 6.07 Å². The molecule has 5 heteroatoms. The van der Waals surface area contributed by atoms with Gasteiger partial charge in [0, 0.05) is 19.1 Å². The topological polar surface area (TPSA) is 50.4 Å². The number of halogens is 1. The number of alkyl carbamates (subject to hydrolysis) is 1. The van der Waals surface area contributed by atoms with Gasteiger partial charge in [-0.3, -0.25) is 0 Å². The molecule has 0 heterocycles. The lowest BCUT2D eigenvalue weighted by Gasteiger charge is -2.23. The van der Waals surface area contributed by atoms with E-state index in [0.29, 0.717) is 13.1 Å². The average Bonchev–Trinajstić information content (AvgIpc) is 2.35. The van der Waals surface area contributed by atoms with Crippen LogP contribution in [0.25, 0.3) is 0 Å². The highest BCUT2D eigenvalue weighted by Crippen LogP contribution is 2.07. The maximum atomic E-state index is 13.0. The third kappa shape index (κ3) is 7.66. The standard InChI is InChI=1S/C16H25FN2O2/c1-5-14(19-15(20)21-16(2,3)4)11-18-10-12-7-6-8-13(17)9-12/h6-9,14,18H,5,10-11H2,1-4H3,(H,19,20). The normalized spacial score (nSPS) is 12.8. The fraction of sp³-hybridized carbons (Fsp3) is 0.562. The first-order valence-electron chi connectivity index (χ1n) is 7.25. The first-order chi connectivity index (χ1) is 9.80. The summed E-state index contributed by atoms with van der Waals surface area (Å²) < 4.78 is 18.3. The van der Waals surface area contributed by atoms with Gasteiger partial charge in [0.25, 0.3) is 0 Å². The molecule has 1 rings (SSSR count). The van der Waals surface area contributed by atoms with Crippen LogP contribution in [0.3, 0.4) is 0 Å². The summed E-state index contributed by atoms with van der Waals surface area (Å²) in [6, 6.07) is 6.44. The van der Waals surface area contributed by atoms with E-state index in [4.69, 9.17) is 4.74 Å². The van der Waals surface area contributed by atoms with Crippen LogP contribution < -0.4 is 10.6 Å². The van der Waals surface area contributed by atoms with E-state index in [2.05, 4.69) is 10.6 Å². The molecule has 118 valence electrons. The van der Waals surface area contributed by atoms with Gasteiger partial charge in [0.15, 0.2) is 0 Å². The predicted molar refractivity (Wildman–Crippen MR) is 81.6 cm³/mol. The van der Waals surface area contributed by atoms with Gasteiger partial charge in [-0.1, -0.05) is 19.1 Å². The van der Waals surface area contributed by atoms with Crippen molar-refractivity contribution >= 4 is 6.09 Å². The number of nitrogens with one attached hydrogen (secondary N) is 2. The van der Waals surface area contributed by atoms with Crippen molar-refractivity contribution in [2.75, 3.05) is 6.54 Å². The van der Waals surface area contributed by atoms with Gasteiger partial charge in [-0.25, -0.2) is 9.18 Å². The number of hydrogen-bond donors (Lipinski definition) is 2. The Morgan fingerprint density at radius 3 is 2.67 bits per heavy atom. The number of ether oxygens (including phenoxy) is 1. The molecule has 1 unspecified atom stereocenters. The molecule has 0 radical (unpaired) electrons. The minimum atomic E-state index is -0.503. The zero-order valence-corrected chi connectivity index (χ0v) is 13.2. The molecule has 1 aromatic carbocycles. The smallest absolute Gasteiger partial charge is 0.407 e. The third-order valence-electron chi connectivity index (χ3n) is 2.82. The summed E-state index contributed by atoms with van der Waals surface area (Å²) in [6.07, 6.45) is 0.372. The SMILES string of the molecule is CCC(CNCc1cccc(F)c1)NC(=O)OC(C)(C)C. The Kier molecular flexibility index (Phi) is 6.62. The second-order valence-corrected chi connectivity index (χ2v) is 6.01. The van der Waals surface area contributed by atoms with Crippen LogP contribution in [0.15, 0.2) is 24.3 Å². The fourth-order valence-electron chi connectivity index (χ4n) is 1.81. The summed E-state index contributed by atoms with van der Waals surface area (Å²) >= 11 is 0. The van der Waals surface area contributed by atoms with Crippen molar-refractivity contribution in [3.8, 4) is 0 Å². The molecule has 1 atom stereocenters. The van der Waals surface area contributed by atoms with Gasteiger partial charge in [0.05, 0.1) is 0 Å². The van der Waals surface area contributed by atoms with E-state index >= 15 is 0 Å². The van der Waals surface area contributed by atoms with Crippen molar-refractivity contribution in [2.45, 2.75) is 52.3 Å². The highest BCUT2D eigenvalue weighted by molar-refractivity contribution is 5.68. The maximum Gasteiger partial charge on any atom is 0.407 e. The highest BCUT2D eigenvalue weighted by atomic mass is 19.1. The molecular weight excluding hydrogens is 271 g/mol. The Morgan fingerprint density at radius 1 is 1.38 bits per heavy atom. The first-order valence-corrected chi connectivity index (χ1v) is 7.25. The molecule has 0 spiro atoms. The van der Waals surface area contributed by atoms with Crippen LogP contribution >= 0.6 is 0 Å². The van der Waals surface area contributed by atoms with E-state index in [1.165, 1.54) is 12.1 Å². The Balaban J connectivity index is 2.36. The molecule has 0 aromatic heterocycles. The van der Waals surface area contributed by atoms with E-state index in [1.807, 2.05) is 33.8 Å². The second kappa shape index (κ2) is 7.98. The fourth-order valence-corrected chi connectivity index (χ4v) is 1.81. The molecule has 0 aliphatic heterocycles. The summed E-state index contributed by atoms with van der Waals surface area (Å²) in [7, 11) is 0. The summed E-state index contributed by atoms with van der Waals surface area (Å²) in [5.41, 5.74) is 0.374. The summed E-state index contributed by atoms with van der Waals surface area (Å²) in [5, 5.41) is 6.03. The van der Waals surface area contributed by atoms with Crippen molar-refractivity contribution in [2.24, 2.45) is 0 Å². The average molecular weight is 296 g/mol. The van der Waals surface area contributed by atoms with E-state index in [0.717, 1.165) is 12.0 Å². The third-order valence-corrected chi connectivity index (χ3v) is 2.82. The number of hydrogen-bond acceptors (Lipinski definition) is 3. The van der Waals surface area contributed by atoms with Crippen LogP contribution in [0, 0.1) is 5.82 Å². The number of rotatable bonds is 6. The second-order valence-electron chi connectivity index (χ2n) is 6.01. The van der Waals surface area contributed by atoms with Crippen molar-refractivity contribution in [1.29, 1.82) is 0 Å². The Hall–Kier alpha value is -1.62. The minimum Gasteiger partial charge on any atom is -0.444 e. The van der Waals surface area contributed by atoms with Crippen molar-refractivity contribution < 1.29 is 13.9 Å². The molecule has 21 heavy (non-hydrogen) atoms. The molecule has 0 aliphatic carbocycles. The molecule has 0 saturated heterocycles. The molecule has 4 nitrogen and oxygen atoms in total. The monoisotopic (exact) mass is 296 g/mol. The zero-order valence-electron chi connectivity index (χ0n) is 13.2. The van der Waals surface area contributed by atoms with Gasteiger partial charge in [-0.2, -0.15) is 0 Å². The van der Waals surface area contributed by atoms with Crippen LogP contribution in [0.4, 0.5) is 9.18 Å². The molecule has 0 fully saturated rings. The molecular formula is C16H25FN2O2. The summed E-state index contributed by atoms with van der Waals surface area (Å²) in [5.74, 6) is -0.242. The van der Waals surface area contributed by atoms with Crippen LogP contribution in [0.5, 0.6) is 0 Å². The van der Waals surface area contributed by atoms with Gasteiger partial charge in [0.2, 0.25) is 0 Å². The van der Waals surface area contributed by atoms with Crippen molar-refractivity contribution in [3.05, 3.63) is 35.6 Å². The largest absolute Gasteiger partial charge is 0.444 e. The minimum absolute atomic E-state index is 0.0200. The lowest BCUT2D eigenvalue weighted by molar-refractivity contribution is 0.0502. The van der Waals surface area contributed by atoms with Crippen molar-refractivity contribution in [1.82, 2.24) is 10.6 Å². The zero-order chi connectivity index (χ0) is 15.9. The van der Waals surface area contributed by atoms with Gasteiger partial charge >= 0.3 is 6.09 Å². The first kappa shape index (κ1) is 17.4. The molecule has 0 bridgehead atoms. The summed E-state index contributed by atoms with van der Waals surface area (Å²) in [6.45, 7) is 8.64. The van der Waals surface area contributed by atoms with Gasteiger partial charge in [-0.05, 0) is 44.9 Å². The van der Waals surface area contributed by atoms with Gasteiger partial charge in [-0.15, -0.1) is 0 Å². The van der Waals surface area contributed by atoms with Crippen molar-refractivity contribution in [3.63, 3.8) is 0 Å². The molecule has 1 aromatic rings. The number of benzene rings is 1. The van der Waals surface area contributed by atoms with Gasteiger partial charge in [0.1, 0.15) is 11.4 Å². The summed E-state index contributed by atoms with van der Waals surface area (Å²) in [4.78, 5) is 11.7. The van der Waals surface area contributed by atoms with Gasteiger partial charge < -0.3 is 15.4 Å². The maximum absolute atomic E-state index is 13.0. The molecule has 0 saturated carbocycles. The quantitative estimate of drug-likeness (QED) is 0.847. The molecule has 1 amide bonds. The number of carbonyl (C=O) groups excluding carboxylic acids is 1. The Bertz CT molecular complexity index is 458. The van der Waals surface area contributed by atoms with Crippen LogP contribution in [0.2, 0.25) is 0 Å².